The highest BCUT2D eigenvalue weighted by atomic mass is 32.2. The molecule has 1 saturated heterocycles. The largest absolute Gasteiger partial charge is 0.493 e. The monoisotopic (exact) mass is 261 g/mol. The van der Waals surface area contributed by atoms with E-state index in [0.717, 1.165) is 11.3 Å². The number of rotatable bonds is 3. The van der Waals surface area contributed by atoms with Gasteiger partial charge in [-0.25, -0.2) is 0 Å². The van der Waals surface area contributed by atoms with Gasteiger partial charge in [0.05, 0.1) is 12.4 Å². The highest BCUT2D eigenvalue weighted by Crippen LogP contribution is 2.41. The van der Waals surface area contributed by atoms with Crippen LogP contribution < -0.4 is 4.74 Å². The summed E-state index contributed by atoms with van der Waals surface area (Å²) in [6.45, 7) is 4.30. The normalized spacial score (nSPS) is 18.4. The number of hydrogen-bond donors (Lipinski definition) is 0. The van der Waals surface area contributed by atoms with E-state index in [9.17, 15) is 4.79 Å². The molecule has 18 heavy (non-hydrogen) atoms. The van der Waals surface area contributed by atoms with Crippen molar-refractivity contribution in [1.29, 1.82) is 0 Å². The lowest BCUT2D eigenvalue weighted by atomic mass is 10.2. The minimum atomic E-state index is -0.0623. The standard InChI is InChI=1S/C14H15NO2S/c1-3-9-15-13(16)10-18-14(15)11-7-5-6-8-12(11)17-4-2/h5-8,14H,4,10H2,1-2H3. The van der Waals surface area contributed by atoms with Crippen LogP contribution in [0.15, 0.2) is 24.3 Å². The molecule has 1 aliphatic rings. The van der Waals surface area contributed by atoms with Gasteiger partial charge in [0.2, 0.25) is 5.91 Å². The third-order valence-corrected chi connectivity index (χ3v) is 3.78. The molecule has 1 aliphatic heterocycles. The molecular weight excluding hydrogens is 246 g/mol. The van der Waals surface area contributed by atoms with Crippen molar-refractivity contribution in [3.63, 3.8) is 0 Å². The maximum absolute atomic E-state index is 11.8. The fourth-order valence-electron chi connectivity index (χ4n) is 1.87. The van der Waals surface area contributed by atoms with Gasteiger partial charge < -0.3 is 4.74 Å². The van der Waals surface area contributed by atoms with Crippen molar-refractivity contribution in [2.75, 3.05) is 12.4 Å². The van der Waals surface area contributed by atoms with Crippen molar-refractivity contribution in [2.24, 2.45) is 0 Å². The van der Waals surface area contributed by atoms with Crippen LogP contribution >= 0.6 is 11.8 Å². The Bertz CT molecular complexity index is 504. The first kappa shape index (κ1) is 12.8. The number of ether oxygens (including phenoxy) is 1. The first-order valence-corrected chi connectivity index (χ1v) is 6.90. The van der Waals surface area contributed by atoms with E-state index in [1.807, 2.05) is 31.2 Å². The van der Waals surface area contributed by atoms with Crippen LogP contribution in [0.3, 0.4) is 0 Å². The first-order chi connectivity index (χ1) is 8.77. The minimum Gasteiger partial charge on any atom is -0.493 e. The van der Waals surface area contributed by atoms with Gasteiger partial charge >= 0.3 is 0 Å². The quantitative estimate of drug-likeness (QED) is 0.783. The van der Waals surface area contributed by atoms with Crippen molar-refractivity contribution in [3.05, 3.63) is 29.8 Å². The lowest BCUT2D eigenvalue weighted by molar-refractivity contribution is -0.124. The minimum absolute atomic E-state index is 0.0608. The highest BCUT2D eigenvalue weighted by molar-refractivity contribution is 8.00. The Morgan fingerprint density at radius 3 is 3.00 bits per heavy atom. The van der Waals surface area contributed by atoms with E-state index in [1.54, 1.807) is 23.6 Å². The summed E-state index contributed by atoms with van der Waals surface area (Å²) in [5, 5.41) is -0.0623. The van der Waals surface area contributed by atoms with Crippen molar-refractivity contribution in [2.45, 2.75) is 19.2 Å². The third-order valence-electron chi connectivity index (χ3n) is 2.59. The molecule has 0 radical (unpaired) electrons. The Labute approximate surface area is 112 Å². The molecule has 1 aromatic carbocycles. The van der Waals surface area contributed by atoms with Gasteiger partial charge in [-0.05, 0) is 19.9 Å². The predicted octanol–water partition coefficient (Wildman–Crippen LogP) is 2.64. The smallest absolute Gasteiger partial charge is 0.245 e. The van der Waals surface area contributed by atoms with Crippen LogP contribution in [0, 0.1) is 12.0 Å². The Hall–Kier alpha value is -1.60. The lowest BCUT2D eigenvalue weighted by Gasteiger charge is -2.20. The van der Waals surface area contributed by atoms with E-state index in [4.69, 9.17) is 4.74 Å². The van der Waals surface area contributed by atoms with E-state index in [0.29, 0.717) is 12.4 Å². The van der Waals surface area contributed by atoms with E-state index in [2.05, 4.69) is 12.0 Å². The Morgan fingerprint density at radius 1 is 1.50 bits per heavy atom. The summed E-state index contributed by atoms with van der Waals surface area (Å²) < 4.78 is 5.61. The molecule has 1 heterocycles. The first-order valence-electron chi connectivity index (χ1n) is 5.85. The van der Waals surface area contributed by atoms with Crippen LogP contribution in [0.25, 0.3) is 0 Å². The van der Waals surface area contributed by atoms with Crippen molar-refractivity contribution < 1.29 is 9.53 Å². The zero-order chi connectivity index (χ0) is 13.0. The number of para-hydroxylation sites is 1. The average molecular weight is 261 g/mol. The fourth-order valence-corrected chi connectivity index (χ4v) is 3.00. The molecule has 1 fully saturated rings. The van der Waals surface area contributed by atoms with Gasteiger partial charge in [-0.1, -0.05) is 24.1 Å². The Morgan fingerprint density at radius 2 is 2.28 bits per heavy atom. The Kier molecular flexibility index (Phi) is 4.16. The van der Waals surface area contributed by atoms with Gasteiger partial charge in [-0.15, -0.1) is 11.8 Å². The molecule has 0 spiro atoms. The van der Waals surface area contributed by atoms with E-state index in [-0.39, 0.29) is 11.3 Å². The van der Waals surface area contributed by atoms with Crippen LogP contribution in [-0.4, -0.2) is 23.2 Å². The SMILES string of the molecule is CC#CN1C(=O)CSC1c1ccccc1OCC. The predicted molar refractivity (Wildman–Crippen MR) is 73.1 cm³/mol. The van der Waals surface area contributed by atoms with Crippen LogP contribution in [0.1, 0.15) is 24.8 Å². The summed E-state index contributed by atoms with van der Waals surface area (Å²) in [5.74, 6) is 4.15. The van der Waals surface area contributed by atoms with Gasteiger partial charge in [-0.3, -0.25) is 9.69 Å². The van der Waals surface area contributed by atoms with Crippen LogP contribution in [0.2, 0.25) is 0 Å². The summed E-state index contributed by atoms with van der Waals surface area (Å²) in [7, 11) is 0. The summed E-state index contributed by atoms with van der Waals surface area (Å²) >= 11 is 1.59. The summed E-state index contributed by atoms with van der Waals surface area (Å²) in [5.41, 5.74) is 1.01. The number of carbonyl (C=O) groups is 1. The van der Waals surface area contributed by atoms with Crippen molar-refractivity contribution in [1.82, 2.24) is 4.90 Å². The molecule has 1 amide bonds. The number of amides is 1. The second-order valence-electron chi connectivity index (χ2n) is 3.76. The summed E-state index contributed by atoms with van der Waals surface area (Å²) in [6.07, 6.45) is 0. The molecule has 0 N–H and O–H groups in total. The van der Waals surface area contributed by atoms with Gasteiger partial charge in [-0.2, -0.15) is 0 Å². The molecule has 94 valence electrons. The second kappa shape index (κ2) is 5.83. The molecular formula is C14H15NO2S. The van der Waals surface area contributed by atoms with E-state index >= 15 is 0 Å². The van der Waals surface area contributed by atoms with Crippen molar-refractivity contribution >= 4 is 17.7 Å². The second-order valence-corrected chi connectivity index (χ2v) is 4.83. The van der Waals surface area contributed by atoms with Gasteiger partial charge in [0.25, 0.3) is 0 Å². The van der Waals surface area contributed by atoms with Gasteiger partial charge in [0.1, 0.15) is 11.1 Å². The maximum Gasteiger partial charge on any atom is 0.245 e. The van der Waals surface area contributed by atoms with E-state index in [1.165, 1.54) is 0 Å². The third kappa shape index (κ3) is 2.46. The lowest BCUT2D eigenvalue weighted by Crippen LogP contribution is -2.23. The van der Waals surface area contributed by atoms with E-state index < -0.39 is 0 Å². The van der Waals surface area contributed by atoms with Crippen LogP contribution in [0.4, 0.5) is 0 Å². The molecule has 3 nitrogen and oxygen atoms in total. The zero-order valence-electron chi connectivity index (χ0n) is 10.5. The topological polar surface area (TPSA) is 29.5 Å². The highest BCUT2D eigenvalue weighted by Gasteiger charge is 2.33. The molecule has 1 aromatic rings. The van der Waals surface area contributed by atoms with Crippen LogP contribution in [-0.2, 0) is 4.79 Å². The molecule has 0 aliphatic carbocycles. The molecule has 2 rings (SSSR count). The van der Waals surface area contributed by atoms with Gasteiger partial charge in [0, 0.05) is 11.6 Å². The van der Waals surface area contributed by atoms with Gasteiger partial charge in [0.15, 0.2) is 0 Å². The molecule has 0 aromatic heterocycles. The number of nitrogens with zero attached hydrogens (tertiary/aromatic N) is 1. The average Bonchev–Trinajstić information content (AvgIpc) is 2.73. The molecule has 0 saturated carbocycles. The van der Waals surface area contributed by atoms with Crippen LogP contribution in [0.5, 0.6) is 5.75 Å². The maximum atomic E-state index is 11.8. The number of carbonyl (C=O) groups excluding carboxylic acids is 1. The molecule has 4 heteroatoms. The molecule has 1 atom stereocenters. The Balaban J connectivity index is 2.35. The molecule has 0 bridgehead atoms. The van der Waals surface area contributed by atoms with Crippen molar-refractivity contribution in [3.8, 4) is 17.7 Å². The summed E-state index contributed by atoms with van der Waals surface area (Å²) in [6, 6.07) is 10.7. The number of thioether (sulfide) groups is 1. The number of benzene rings is 1. The zero-order valence-corrected chi connectivity index (χ0v) is 11.3. The molecule has 1 unspecified atom stereocenters. The summed E-state index contributed by atoms with van der Waals surface area (Å²) in [4.78, 5) is 13.4. The number of hydrogen-bond acceptors (Lipinski definition) is 3. The fraction of sp³-hybridized carbons (Fsp3) is 0.357.